The topological polar surface area (TPSA) is 36.3 Å². The Morgan fingerprint density at radius 3 is 2.48 bits per heavy atom. The van der Waals surface area contributed by atoms with Crippen molar-refractivity contribution >= 4 is 23.1 Å². The predicted molar refractivity (Wildman–Crippen MR) is 92.5 cm³/mol. The van der Waals surface area contributed by atoms with Crippen molar-refractivity contribution in [2.45, 2.75) is 19.9 Å². The molecule has 0 amide bonds. The Bertz CT molecular complexity index is 949. The fourth-order valence-corrected chi connectivity index (χ4v) is 3.35. The molecule has 2 aromatic carbocycles. The standard InChI is InChI=1S/C18H16N2O2S/c1-11(2)20-14-9-16-15(21-10-22-16)8-13(14)17(19-18(20)23)12-6-4-3-5-7-12/h3-9,11H,10H2,1-2H3. The van der Waals surface area contributed by atoms with Gasteiger partial charge in [0.25, 0.3) is 0 Å². The third-order valence-electron chi connectivity index (χ3n) is 3.98. The van der Waals surface area contributed by atoms with Gasteiger partial charge in [-0.15, -0.1) is 0 Å². The summed E-state index contributed by atoms with van der Waals surface area (Å²) in [6.45, 7) is 4.45. The molecule has 0 fully saturated rings. The molecule has 0 N–H and O–H groups in total. The number of ether oxygens (including phenoxy) is 2. The second-order valence-electron chi connectivity index (χ2n) is 5.80. The van der Waals surface area contributed by atoms with Crippen LogP contribution in [0.1, 0.15) is 19.9 Å². The zero-order chi connectivity index (χ0) is 16.0. The first kappa shape index (κ1) is 14.2. The molecule has 4 nitrogen and oxygen atoms in total. The van der Waals surface area contributed by atoms with Gasteiger partial charge in [-0.2, -0.15) is 0 Å². The van der Waals surface area contributed by atoms with Gasteiger partial charge in [0, 0.05) is 23.1 Å². The van der Waals surface area contributed by atoms with Crippen LogP contribution in [0.15, 0.2) is 42.5 Å². The Morgan fingerprint density at radius 1 is 1.09 bits per heavy atom. The fraction of sp³-hybridized carbons (Fsp3) is 0.222. The Hall–Kier alpha value is -2.40. The summed E-state index contributed by atoms with van der Waals surface area (Å²) in [7, 11) is 0. The van der Waals surface area contributed by atoms with Crippen molar-refractivity contribution in [3.05, 3.63) is 47.2 Å². The van der Waals surface area contributed by atoms with Gasteiger partial charge in [-0.25, -0.2) is 4.98 Å². The van der Waals surface area contributed by atoms with E-state index in [-0.39, 0.29) is 12.8 Å². The SMILES string of the molecule is CC(C)n1c(=S)nc(-c2ccccc2)c2cc3c(cc21)OCO3. The molecule has 116 valence electrons. The average Bonchev–Trinajstić information content (AvgIpc) is 3.00. The lowest BCUT2D eigenvalue weighted by atomic mass is 10.1. The first-order chi connectivity index (χ1) is 11.1. The molecule has 0 spiro atoms. The highest BCUT2D eigenvalue weighted by Crippen LogP contribution is 2.39. The molecule has 5 heteroatoms. The van der Waals surface area contributed by atoms with E-state index in [2.05, 4.69) is 18.4 Å². The molecular weight excluding hydrogens is 308 g/mol. The van der Waals surface area contributed by atoms with E-state index in [0.717, 1.165) is 33.7 Å². The van der Waals surface area contributed by atoms with Crippen molar-refractivity contribution in [3.8, 4) is 22.8 Å². The molecular formula is C18H16N2O2S. The molecule has 0 radical (unpaired) electrons. The monoisotopic (exact) mass is 324 g/mol. The van der Waals surface area contributed by atoms with Crippen LogP contribution in [0.3, 0.4) is 0 Å². The van der Waals surface area contributed by atoms with Crippen LogP contribution in [0.4, 0.5) is 0 Å². The van der Waals surface area contributed by atoms with E-state index in [1.54, 1.807) is 0 Å². The van der Waals surface area contributed by atoms with Crippen LogP contribution in [0, 0.1) is 4.77 Å². The van der Waals surface area contributed by atoms with E-state index in [0.29, 0.717) is 4.77 Å². The second kappa shape index (κ2) is 5.35. The summed E-state index contributed by atoms with van der Waals surface area (Å²) in [5.41, 5.74) is 2.93. The van der Waals surface area contributed by atoms with Crippen LogP contribution in [0.5, 0.6) is 11.5 Å². The van der Waals surface area contributed by atoms with Crippen molar-refractivity contribution in [3.63, 3.8) is 0 Å². The van der Waals surface area contributed by atoms with Crippen molar-refractivity contribution in [2.75, 3.05) is 6.79 Å². The van der Waals surface area contributed by atoms with Crippen molar-refractivity contribution < 1.29 is 9.47 Å². The van der Waals surface area contributed by atoms with Gasteiger partial charge in [0.05, 0.1) is 11.2 Å². The first-order valence-electron chi connectivity index (χ1n) is 7.56. The van der Waals surface area contributed by atoms with E-state index >= 15 is 0 Å². The minimum Gasteiger partial charge on any atom is -0.454 e. The van der Waals surface area contributed by atoms with Crippen LogP contribution in [-0.4, -0.2) is 16.3 Å². The van der Waals surface area contributed by atoms with Gasteiger partial charge < -0.3 is 14.0 Å². The lowest BCUT2D eigenvalue weighted by molar-refractivity contribution is 0.174. The normalized spacial score (nSPS) is 13.0. The molecule has 0 unspecified atom stereocenters. The molecule has 3 aromatic rings. The molecule has 23 heavy (non-hydrogen) atoms. The van der Waals surface area contributed by atoms with Gasteiger partial charge in [0.1, 0.15) is 0 Å². The summed E-state index contributed by atoms with van der Waals surface area (Å²) in [6.07, 6.45) is 0. The number of hydrogen-bond donors (Lipinski definition) is 0. The largest absolute Gasteiger partial charge is 0.454 e. The van der Waals surface area contributed by atoms with E-state index in [1.807, 2.05) is 42.5 Å². The number of aromatic nitrogens is 2. The molecule has 0 saturated carbocycles. The third-order valence-corrected chi connectivity index (χ3v) is 4.27. The quantitative estimate of drug-likeness (QED) is 0.638. The molecule has 1 aromatic heterocycles. The fourth-order valence-electron chi connectivity index (χ4n) is 2.95. The van der Waals surface area contributed by atoms with Crippen LogP contribution >= 0.6 is 12.2 Å². The van der Waals surface area contributed by atoms with Gasteiger partial charge in [-0.05, 0) is 32.1 Å². The maximum atomic E-state index is 5.55. The Balaban J connectivity index is 2.12. The van der Waals surface area contributed by atoms with Gasteiger partial charge in [0.15, 0.2) is 11.5 Å². The zero-order valence-electron chi connectivity index (χ0n) is 12.9. The summed E-state index contributed by atoms with van der Waals surface area (Å²) in [4.78, 5) is 4.70. The number of hydrogen-bond acceptors (Lipinski definition) is 4. The predicted octanol–water partition coefficient (Wildman–Crippen LogP) is 4.74. The van der Waals surface area contributed by atoms with Gasteiger partial charge in [0.2, 0.25) is 11.6 Å². The van der Waals surface area contributed by atoms with E-state index < -0.39 is 0 Å². The maximum absolute atomic E-state index is 5.55. The highest BCUT2D eigenvalue weighted by Gasteiger charge is 2.19. The van der Waals surface area contributed by atoms with Crippen molar-refractivity contribution in [1.82, 2.24) is 9.55 Å². The highest BCUT2D eigenvalue weighted by atomic mass is 32.1. The number of rotatable bonds is 2. The van der Waals surface area contributed by atoms with Crippen molar-refractivity contribution in [2.24, 2.45) is 0 Å². The van der Waals surface area contributed by atoms with E-state index in [1.165, 1.54) is 0 Å². The Morgan fingerprint density at radius 2 is 1.78 bits per heavy atom. The summed E-state index contributed by atoms with van der Waals surface area (Å²) < 4.78 is 13.7. The minimum absolute atomic E-state index is 0.211. The lowest BCUT2D eigenvalue weighted by Crippen LogP contribution is -2.07. The molecule has 0 saturated heterocycles. The van der Waals surface area contributed by atoms with E-state index in [9.17, 15) is 0 Å². The second-order valence-corrected chi connectivity index (χ2v) is 6.16. The molecule has 0 aliphatic carbocycles. The molecule has 1 aliphatic rings. The minimum atomic E-state index is 0.211. The van der Waals surface area contributed by atoms with Crippen molar-refractivity contribution in [1.29, 1.82) is 0 Å². The third kappa shape index (κ3) is 2.28. The van der Waals surface area contributed by atoms with Crippen LogP contribution < -0.4 is 9.47 Å². The summed E-state index contributed by atoms with van der Waals surface area (Å²) in [6, 6.07) is 14.3. The molecule has 0 bridgehead atoms. The Labute approximate surface area is 139 Å². The van der Waals surface area contributed by atoms with Gasteiger partial charge in [-0.3, -0.25) is 0 Å². The van der Waals surface area contributed by atoms with Crippen LogP contribution in [0.2, 0.25) is 0 Å². The number of nitrogens with zero attached hydrogens (tertiary/aromatic N) is 2. The molecule has 0 atom stereocenters. The zero-order valence-corrected chi connectivity index (χ0v) is 13.8. The highest BCUT2D eigenvalue weighted by molar-refractivity contribution is 7.71. The molecule has 2 heterocycles. The maximum Gasteiger partial charge on any atom is 0.231 e. The first-order valence-corrected chi connectivity index (χ1v) is 7.97. The molecule has 1 aliphatic heterocycles. The summed E-state index contributed by atoms with van der Waals surface area (Å²) >= 11 is 5.55. The average molecular weight is 324 g/mol. The lowest BCUT2D eigenvalue weighted by Gasteiger charge is -2.17. The summed E-state index contributed by atoms with van der Waals surface area (Å²) in [5, 5.41) is 1.02. The van der Waals surface area contributed by atoms with Crippen LogP contribution in [-0.2, 0) is 0 Å². The number of fused-ring (bicyclic) bond motifs is 2. The van der Waals surface area contributed by atoms with Gasteiger partial charge in [-0.1, -0.05) is 30.3 Å². The van der Waals surface area contributed by atoms with Crippen LogP contribution in [0.25, 0.3) is 22.2 Å². The molecule has 4 rings (SSSR count). The van der Waals surface area contributed by atoms with Gasteiger partial charge >= 0.3 is 0 Å². The number of benzene rings is 2. The van der Waals surface area contributed by atoms with E-state index in [4.69, 9.17) is 26.7 Å². The summed E-state index contributed by atoms with van der Waals surface area (Å²) in [5.74, 6) is 1.51. The Kier molecular flexibility index (Phi) is 3.31. The smallest absolute Gasteiger partial charge is 0.231 e.